The Hall–Kier alpha value is -2.18. The van der Waals surface area contributed by atoms with Crippen molar-refractivity contribution < 1.29 is 14.3 Å². The van der Waals surface area contributed by atoms with Crippen LogP contribution in [0.3, 0.4) is 0 Å². The molecule has 1 fully saturated rings. The molecule has 0 radical (unpaired) electrons. The summed E-state index contributed by atoms with van der Waals surface area (Å²) in [6, 6.07) is 14.1. The smallest absolute Gasteiger partial charge is 0.242 e. The second-order valence-corrected chi connectivity index (χ2v) is 8.86. The van der Waals surface area contributed by atoms with Crippen LogP contribution < -0.4 is 0 Å². The van der Waals surface area contributed by atoms with E-state index in [9.17, 15) is 9.59 Å². The van der Waals surface area contributed by atoms with E-state index in [1.807, 2.05) is 52.7 Å². The van der Waals surface area contributed by atoms with Crippen LogP contribution in [-0.4, -0.2) is 47.4 Å². The van der Waals surface area contributed by atoms with Gasteiger partial charge in [-0.05, 0) is 36.3 Å². The summed E-state index contributed by atoms with van der Waals surface area (Å²) in [5, 5.41) is 2.03. The van der Waals surface area contributed by atoms with Crippen LogP contribution in [0.4, 0.5) is 0 Å². The van der Waals surface area contributed by atoms with Crippen molar-refractivity contribution in [3.8, 4) is 0 Å². The Kier molecular flexibility index (Phi) is 8.90. The van der Waals surface area contributed by atoms with Crippen LogP contribution in [0.2, 0.25) is 0 Å². The highest BCUT2D eigenvalue weighted by molar-refractivity contribution is 7.09. The largest absolute Gasteiger partial charge is 0.376 e. The average molecular weight is 429 g/mol. The quantitative estimate of drug-likeness (QED) is 0.530. The van der Waals surface area contributed by atoms with Crippen LogP contribution in [-0.2, 0) is 27.4 Å². The van der Waals surface area contributed by atoms with Crippen molar-refractivity contribution >= 4 is 23.2 Å². The first-order valence-electron chi connectivity index (χ1n) is 10.9. The Morgan fingerprint density at radius 2 is 1.90 bits per heavy atom. The summed E-state index contributed by atoms with van der Waals surface area (Å²) < 4.78 is 5.74. The zero-order valence-corrected chi connectivity index (χ0v) is 18.6. The predicted octanol–water partition coefficient (Wildman–Crippen LogP) is 4.47. The van der Waals surface area contributed by atoms with E-state index < -0.39 is 0 Å². The number of carbonyl (C=O) groups is 2. The fourth-order valence-corrected chi connectivity index (χ4v) is 4.38. The van der Waals surface area contributed by atoms with E-state index in [2.05, 4.69) is 6.92 Å². The van der Waals surface area contributed by atoms with Crippen LogP contribution in [0.1, 0.15) is 49.5 Å². The van der Waals surface area contributed by atoms with Gasteiger partial charge in [0, 0.05) is 31.0 Å². The number of nitrogens with zero attached hydrogens (tertiary/aromatic N) is 2. The second kappa shape index (κ2) is 11.9. The molecule has 162 valence electrons. The van der Waals surface area contributed by atoms with Gasteiger partial charge in [0.2, 0.25) is 11.8 Å². The monoisotopic (exact) mass is 428 g/mol. The molecule has 2 aromatic rings. The number of unbranched alkanes of at least 4 members (excludes halogenated alkanes) is 1. The maximum absolute atomic E-state index is 13.3. The predicted molar refractivity (Wildman–Crippen MR) is 120 cm³/mol. The molecule has 2 heterocycles. The Morgan fingerprint density at radius 3 is 2.57 bits per heavy atom. The van der Waals surface area contributed by atoms with E-state index in [1.54, 1.807) is 16.2 Å². The van der Waals surface area contributed by atoms with Crippen molar-refractivity contribution in [1.29, 1.82) is 0 Å². The van der Waals surface area contributed by atoms with Gasteiger partial charge >= 0.3 is 0 Å². The third-order valence-electron chi connectivity index (χ3n) is 5.37. The van der Waals surface area contributed by atoms with Crippen LogP contribution in [0.25, 0.3) is 0 Å². The van der Waals surface area contributed by atoms with E-state index in [4.69, 9.17) is 4.74 Å². The number of hydrogen-bond donors (Lipinski definition) is 0. The second-order valence-electron chi connectivity index (χ2n) is 7.83. The number of amides is 2. The van der Waals surface area contributed by atoms with Gasteiger partial charge in [-0.3, -0.25) is 9.59 Å². The summed E-state index contributed by atoms with van der Waals surface area (Å²) in [5.74, 6) is 0.0339. The fourth-order valence-electron chi connectivity index (χ4n) is 3.66. The van der Waals surface area contributed by atoms with Crippen LogP contribution in [0.15, 0.2) is 47.8 Å². The highest BCUT2D eigenvalue weighted by Gasteiger charge is 2.26. The van der Waals surface area contributed by atoms with Crippen molar-refractivity contribution in [1.82, 2.24) is 9.80 Å². The van der Waals surface area contributed by atoms with Crippen molar-refractivity contribution in [2.24, 2.45) is 0 Å². The molecule has 1 saturated heterocycles. The lowest BCUT2D eigenvalue weighted by Crippen LogP contribution is -2.45. The van der Waals surface area contributed by atoms with Gasteiger partial charge in [0.25, 0.3) is 0 Å². The molecule has 0 N–H and O–H groups in total. The van der Waals surface area contributed by atoms with E-state index >= 15 is 0 Å². The fraction of sp³-hybridized carbons (Fsp3) is 0.500. The Balaban J connectivity index is 1.71. The van der Waals surface area contributed by atoms with Crippen molar-refractivity contribution in [3.63, 3.8) is 0 Å². The standard InChI is InChI=1S/C24H32N2O3S/c1-2-3-13-23(27)26(17-21-11-7-14-29-21)19-24(28)25(18-22-12-8-15-30-22)16-20-9-5-4-6-10-20/h4-6,8-10,12,15,21H,2-3,7,11,13-14,16-19H2,1H3. The minimum absolute atomic E-state index is 0.0184. The first kappa shape index (κ1) is 22.5. The van der Waals surface area contributed by atoms with Crippen molar-refractivity contribution in [2.75, 3.05) is 19.7 Å². The summed E-state index contributed by atoms with van der Waals surface area (Å²) in [6.45, 7) is 4.53. The Morgan fingerprint density at radius 1 is 1.07 bits per heavy atom. The molecule has 1 aliphatic heterocycles. The molecule has 0 saturated carbocycles. The van der Waals surface area contributed by atoms with Gasteiger partial charge in [0.1, 0.15) is 0 Å². The van der Waals surface area contributed by atoms with Gasteiger partial charge in [-0.25, -0.2) is 0 Å². The lowest BCUT2D eigenvalue weighted by atomic mass is 10.2. The zero-order chi connectivity index (χ0) is 21.2. The first-order chi connectivity index (χ1) is 14.7. The molecule has 30 heavy (non-hydrogen) atoms. The Labute approximate surface area is 183 Å². The van der Waals surface area contributed by atoms with Crippen molar-refractivity contribution in [2.45, 2.75) is 58.2 Å². The molecular formula is C24H32N2O3S. The molecule has 1 aromatic carbocycles. The molecule has 0 aliphatic carbocycles. The number of ether oxygens (including phenoxy) is 1. The lowest BCUT2D eigenvalue weighted by Gasteiger charge is -2.29. The van der Waals surface area contributed by atoms with Crippen LogP contribution in [0, 0.1) is 0 Å². The third-order valence-corrected chi connectivity index (χ3v) is 6.23. The van der Waals surface area contributed by atoms with Crippen molar-refractivity contribution in [3.05, 3.63) is 58.3 Å². The van der Waals surface area contributed by atoms with E-state index in [0.29, 0.717) is 26.1 Å². The van der Waals surface area contributed by atoms with E-state index in [-0.39, 0.29) is 24.5 Å². The number of benzene rings is 1. The van der Waals surface area contributed by atoms with Gasteiger partial charge in [-0.1, -0.05) is 49.7 Å². The van der Waals surface area contributed by atoms with Gasteiger partial charge in [0.15, 0.2) is 0 Å². The molecule has 0 spiro atoms. The van der Waals surface area contributed by atoms with Crippen LogP contribution >= 0.6 is 11.3 Å². The minimum atomic E-state index is -0.0184. The molecule has 1 unspecified atom stereocenters. The molecule has 1 aromatic heterocycles. The highest BCUT2D eigenvalue weighted by Crippen LogP contribution is 2.17. The Bertz CT molecular complexity index is 773. The SMILES string of the molecule is CCCCC(=O)N(CC(=O)N(Cc1ccccc1)Cc1cccs1)CC1CCCO1. The number of thiophene rings is 1. The molecule has 5 nitrogen and oxygen atoms in total. The zero-order valence-electron chi connectivity index (χ0n) is 17.8. The summed E-state index contributed by atoms with van der Waals surface area (Å²) in [6.07, 6.45) is 4.32. The molecule has 2 amide bonds. The maximum Gasteiger partial charge on any atom is 0.242 e. The molecule has 6 heteroatoms. The summed E-state index contributed by atoms with van der Waals surface area (Å²) in [5.41, 5.74) is 1.09. The normalized spacial score (nSPS) is 15.8. The highest BCUT2D eigenvalue weighted by atomic mass is 32.1. The maximum atomic E-state index is 13.3. The summed E-state index contributed by atoms with van der Waals surface area (Å²) in [4.78, 5) is 30.9. The van der Waals surface area contributed by atoms with E-state index in [0.717, 1.165) is 42.7 Å². The van der Waals surface area contributed by atoms with Gasteiger partial charge in [-0.15, -0.1) is 11.3 Å². The minimum Gasteiger partial charge on any atom is -0.376 e. The molecule has 0 bridgehead atoms. The molecule has 1 atom stereocenters. The van der Waals surface area contributed by atoms with Gasteiger partial charge in [0.05, 0.1) is 19.2 Å². The molecular weight excluding hydrogens is 396 g/mol. The lowest BCUT2D eigenvalue weighted by molar-refractivity contribution is -0.142. The molecule has 1 aliphatic rings. The number of hydrogen-bond acceptors (Lipinski definition) is 4. The topological polar surface area (TPSA) is 49.9 Å². The number of carbonyl (C=O) groups excluding carboxylic acids is 2. The summed E-state index contributed by atoms with van der Waals surface area (Å²) >= 11 is 1.65. The van der Waals surface area contributed by atoms with Gasteiger partial charge < -0.3 is 14.5 Å². The van der Waals surface area contributed by atoms with Crippen LogP contribution in [0.5, 0.6) is 0 Å². The average Bonchev–Trinajstić information content (AvgIpc) is 3.46. The molecule has 3 rings (SSSR count). The first-order valence-corrected chi connectivity index (χ1v) is 11.8. The third kappa shape index (κ3) is 6.96. The van der Waals surface area contributed by atoms with E-state index in [1.165, 1.54) is 0 Å². The number of rotatable bonds is 11. The summed E-state index contributed by atoms with van der Waals surface area (Å²) in [7, 11) is 0. The van der Waals surface area contributed by atoms with Gasteiger partial charge in [-0.2, -0.15) is 0 Å².